The lowest BCUT2D eigenvalue weighted by Gasteiger charge is -2.03. The van der Waals surface area contributed by atoms with Crippen LogP contribution in [0.3, 0.4) is 0 Å². The van der Waals surface area contributed by atoms with Crippen LogP contribution < -0.4 is 0 Å². The van der Waals surface area contributed by atoms with Gasteiger partial charge < -0.3 is 4.74 Å². The van der Waals surface area contributed by atoms with E-state index in [9.17, 15) is 4.79 Å². The second-order valence-electron chi connectivity index (χ2n) is 3.42. The highest BCUT2D eigenvalue weighted by atomic mass is 16.5. The highest BCUT2D eigenvalue weighted by molar-refractivity contribution is 5.71. The van der Waals surface area contributed by atoms with Crippen LogP contribution in [-0.2, 0) is 16.1 Å². The number of rotatable bonds is 7. The third-order valence-electron chi connectivity index (χ3n) is 2.06. The lowest BCUT2D eigenvalue weighted by molar-refractivity contribution is -0.105. The van der Waals surface area contributed by atoms with Gasteiger partial charge in [-0.3, -0.25) is 4.79 Å². The van der Waals surface area contributed by atoms with E-state index in [0.29, 0.717) is 18.8 Å². The standard InChI is InChI=1S/C13H16O2/c1-12(10-14)6-5-9-15-11-13-7-3-2-4-8-13/h2-4,7-8,10H,1,5-6,9,11H2. The molecule has 0 aromatic heterocycles. The third kappa shape index (κ3) is 5.13. The van der Waals surface area contributed by atoms with Crippen LogP contribution in [0.2, 0.25) is 0 Å². The van der Waals surface area contributed by atoms with Crippen LogP contribution in [0, 0.1) is 0 Å². The van der Waals surface area contributed by atoms with Crippen molar-refractivity contribution in [1.82, 2.24) is 0 Å². The number of benzene rings is 1. The molecule has 0 radical (unpaired) electrons. The summed E-state index contributed by atoms with van der Waals surface area (Å²) < 4.78 is 5.46. The van der Waals surface area contributed by atoms with Crippen molar-refractivity contribution >= 4 is 6.29 Å². The average Bonchev–Trinajstić information content (AvgIpc) is 2.29. The largest absolute Gasteiger partial charge is 0.377 e. The Morgan fingerprint density at radius 1 is 1.33 bits per heavy atom. The Morgan fingerprint density at radius 2 is 2.07 bits per heavy atom. The molecule has 2 heteroatoms. The van der Waals surface area contributed by atoms with E-state index in [1.807, 2.05) is 30.3 Å². The molecule has 0 fully saturated rings. The minimum absolute atomic E-state index is 0.633. The molecular weight excluding hydrogens is 188 g/mol. The normalized spacial score (nSPS) is 9.87. The van der Waals surface area contributed by atoms with Gasteiger partial charge in [0.15, 0.2) is 0 Å². The number of ether oxygens (including phenoxy) is 1. The third-order valence-corrected chi connectivity index (χ3v) is 2.06. The Balaban J connectivity index is 2.07. The van der Waals surface area contributed by atoms with Gasteiger partial charge in [-0.1, -0.05) is 36.9 Å². The second-order valence-corrected chi connectivity index (χ2v) is 3.42. The van der Waals surface area contributed by atoms with Crippen molar-refractivity contribution in [2.24, 2.45) is 0 Å². The number of hydrogen-bond acceptors (Lipinski definition) is 2. The predicted molar refractivity (Wildman–Crippen MR) is 60.5 cm³/mol. The van der Waals surface area contributed by atoms with E-state index in [0.717, 1.165) is 19.1 Å². The first kappa shape index (κ1) is 11.7. The van der Waals surface area contributed by atoms with Gasteiger partial charge in [0, 0.05) is 6.61 Å². The highest BCUT2D eigenvalue weighted by Crippen LogP contribution is 2.03. The summed E-state index contributed by atoms with van der Waals surface area (Å²) in [5.74, 6) is 0. The maximum Gasteiger partial charge on any atom is 0.145 e. The Morgan fingerprint density at radius 3 is 2.73 bits per heavy atom. The summed E-state index contributed by atoms with van der Waals surface area (Å²) in [5, 5.41) is 0. The van der Waals surface area contributed by atoms with Crippen molar-refractivity contribution in [1.29, 1.82) is 0 Å². The Bertz CT molecular complexity index is 304. The van der Waals surface area contributed by atoms with Gasteiger partial charge in [-0.25, -0.2) is 0 Å². The van der Waals surface area contributed by atoms with Crippen LogP contribution in [0.15, 0.2) is 42.5 Å². The van der Waals surface area contributed by atoms with E-state index in [2.05, 4.69) is 6.58 Å². The number of hydrogen-bond donors (Lipinski definition) is 0. The minimum atomic E-state index is 0.633. The molecule has 15 heavy (non-hydrogen) atoms. The topological polar surface area (TPSA) is 26.3 Å². The molecule has 0 atom stereocenters. The number of carbonyl (C=O) groups excluding carboxylic acids is 1. The van der Waals surface area contributed by atoms with Crippen molar-refractivity contribution < 1.29 is 9.53 Å². The summed E-state index contributed by atoms with van der Waals surface area (Å²) in [4.78, 5) is 10.2. The van der Waals surface area contributed by atoms with E-state index >= 15 is 0 Å². The van der Waals surface area contributed by atoms with Crippen LogP contribution in [-0.4, -0.2) is 12.9 Å². The zero-order chi connectivity index (χ0) is 10.9. The minimum Gasteiger partial charge on any atom is -0.377 e. The SMILES string of the molecule is C=C(C=O)CCCOCc1ccccc1. The summed E-state index contributed by atoms with van der Waals surface area (Å²) in [6.07, 6.45) is 2.37. The molecule has 0 saturated heterocycles. The molecule has 2 nitrogen and oxygen atoms in total. The molecular formula is C13H16O2. The zero-order valence-corrected chi connectivity index (χ0v) is 8.82. The maximum atomic E-state index is 10.2. The first-order valence-corrected chi connectivity index (χ1v) is 5.07. The van der Waals surface area contributed by atoms with Gasteiger partial charge in [0.1, 0.15) is 6.29 Å². The fourth-order valence-electron chi connectivity index (χ4n) is 1.22. The summed E-state index contributed by atoms with van der Waals surface area (Å²) in [7, 11) is 0. The number of aldehydes is 1. The first-order chi connectivity index (χ1) is 7.33. The molecule has 0 N–H and O–H groups in total. The molecule has 0 bridgehead atoms. The first-order valence-electron chi connectivity index (χ1n) is 5.07. The Labute approximate surface area is 90.6 Å². The van der Waals surface area contributed by atoms with Crippen LogP contribution in [0.5, 0.6) is 0 Å². The fourth-order valence-corrected chi connectivity index (χ4v) is 1.22. The van der Waals surface area contributed by atoms with E-state index in [1.54, 1.807) is 0 Å². The van der Waals surface area contributed by atoms with E-state index in [4.69, 9.17) is 4.74 Å². The predicted octanol–water partition coefficient (Wildman–Crippen LogP) is 2.74. The average molecular weight is 204 g/mol. The molecule has 1 rings (SSSR count). The molecule has 1 aromatic rings. The Kier molecular flexibility index (Phi) is 5.41. The highest BCUT2D eigenvalue weighted by Gasteiger charge is 1.94. The Hall–Kier alpha value is -1.41. The van der Waals surface area contributed by atoms with E-state index in [-0.39, 0.29) is 0 Å². The molecule has 0 aliphatic carbocycles. The summed E-state index contributed by atoms with van der Waals surface area (Å²) in [5.41, 5.74) is 1.81. The van der Waals surface area contributed by atoms with Crippen LogP contribution in [0.4, 0.5) is 0 Å². The molecule has 0 aliphatic rings. The molecule has 80 valence electrons. The van der Waals surface area contributed by atoms with Crippen LogP contribution in [0.25, 0.3) is 0 Å². The fraction of sp³-hybridized carbons (Fsp3) is 0.308. The summed E-state index contributed by atoms with van der Waals surface area (Å²) >= 11 is 0. The monoisotopic (exact) mass is 204 g/mol. The van der Waals surface area contributed by atoms with Crippen molar-refractivity contribution in [3.63, 3.8) is 0 Å². The van der Waals surface area contributed by atoms with Gasteiger partial charge in [0.05, 0.1) is 6.61 Å². The van der Waals surface area contributed by atoms with Gasteiger partial charge in [-0.2, -0.15) is 0 Å². The molecule has 0 unspecified atom stereocenters. The maximum absolute atomic E-state index is 10.2. The molecule has 1 aromatic carbocycles. The molecule has 0 spiro atoms. The van der Waals surface area contributed by atoms with Gasteiger partial charge >= 0.3 is 0 Å². The molecule has 0 heterocycles. The molecule has 0 aliphatic heterocycles. The van der Waals surface area contributed by atoms with Crippen molar-refractivity contribution in [3.8, 4) is 0 Å². The van der Waals surface area contributed by atoms with Crippen LogP contribution in [0.1, 0.15) is 18.4 Å². The van der Waals surface area contributed by atoms with Crippen molar-refractivity contribution in [2.45, 2.75) is 19.4 Å². The van der Waals surface area contributed by atoms with Crippen molar-refractivity contribution in [2.75, 3.05) is 6.61 Å². The van der Waals surface area contributed by atoms with E-state index in [1.165, 1.54) is 5.56 Å². The van der Waals surface area contributed by atoms with Gasteiger partial charge in [0.2, 0.25) is 0 Å². The number of carbonyl (C=O) groups is 1. The van der Waals surface area contributed by atoms with Gasteiger partial charge in [-0.15, -0.1) is 0 Å². The molecule has 0 saturated carbocycles. The summed E-state index contributed by atoms with van der Waals surface area (Å²) in [6.45, 7) is 4.91. The smallest absolute Gasteiger partial charge is 0.145 e. The summed E-state index contributed by atoms with van der Waals surface area (Å²) in [6, 6.07) is 10.0. The van der Waals surface area contributed by atoms with Crippen LogP contribution >= 0.6 is 0 Å². The van der Waals surface area contributed by atoms with Crippen molar-refractivity contribution in [3.05, 3.63) is 48.0 Å². The lowest BCUT2D eigenvalue weighted by atomic mass is 10.2. The van der Waals surface area contributed by atoms with E-state index < -0.39 is 0 Å². The molecule has 0 amide bonds. The zero-order valence-electron chi connectivity index (χ0n) is 8.82. The van der Waals surface area contributed by atoms with Gasteiger partial charge in [0.25, 0.3) is 0 Å². The number of allylic oxidation sites excluding steroid dienone is 1. The quantitative estimate of drug-likeness (QED) is 0.388. The second kappa shape index (κ2) is 6.96. The lowest BCUT2D eigenvalue weighted by Crippen LogP contribution is -1.96. The van der Waals surface area contributed by atoms with Gasteiger partial charge in [-0.05, 0) is 24.0 Å².